The van der Waals surface area contributed by atoms with Crippen LogP contribution >= 0.6 is 0 Å². The van der Waals surface area contributed by atoms with Crippen LogP contribution in [-0.2, 0) is 12.7 Å². The van der Waals surface area contributed by atoms with Gasteiger partial charge in [0.2, 0.25) is 5.43 Å². The van der Waals surface area contributed by atoms with Crippen molar-refractivity contribution in [1.82, 2.24) is 14.7 Å². The zero-order valence-electron chi connectivity index (χ0n) is 16.1. The Bertz CT molecular complexity index is 1140. The third-order valence-electron chi connectivity index (χ3n) is 4.44. The predicted octanol–water partition coefficient (Wildman–Crippen LogP) is 3.97. The van der Waals surface area contributed by atoms with Crippen molar-refractivity contribution in [2.75, 3.05) is 7.05 Å². The van der Waals surface area contributed by atoms with E-state index in [1.165, 1.54) is 43.4 Å². The average Bonchev–Trinajstić information content (AvgIpc) is 2.68. The minimum Gasteiger partial charge on any atom is -0.336 e. The van der Waals surface area contributed by atoms with Crippen LogP contribution in [-0.4, -0.2) is 27.6 Å². The smallest absolute Gasteiger partial charge is 0.336 e. The van der Waals surface area contributed by atoms with Gasteiger partial charge in [-0.3, -0.25) is 9.59 Å². The van der Waals surface area contributed by atoms with Gasteiger partial charge in [0.15, 0.2) is 5.69 Å². The number of rotatable bonds is 4. The van der Waals surface area contributed by atoms with E-state index in [0.717, 1.165) is 21.7 Å². The Morgan fingerprint density at radius 2 is 1.73 bits per heavy atom. The van der Waals surface area contributed by atoms with E-state index in [2.05, 4.69) is 5.10 Å². The number of aromatic nitrogens is 2. The average molecular weight is 419 g/mol. The van der Waals surface area contributed by atoms with Crippen molar-refractivity contribution in [2.45, 2.75) is 19.6 Å². The minimum atomic E-state index is -4.45. The van der Waals surface area contributed by atoms with Gasteiger partial charge in [0, 0.05) is 25.4 Å². The molecule has 0 N–H and O–H groups in total. The molecule has 2 aromatic carbocycles. The molecule has 0 radical (unpaired) electrons. The predicted molar refractivity (Wildman–Crippen MR) is 102 cm³/mol. The summed E-state index contributed by atoms with van der Waals surface area (Å²) >= 11 is 0. The van der Waals surface area contributed by atoms with Gasteiger partial charge < -0.3 is 4.90 Å². The van der Waals surface area contributed by atoms with Crippen molar-refractivity contribution in [3.8, 4) is 5.69 Å². The highest BCUT2D eigenvalue weighted by atomic mass is 19.4. The molecule has 0 aliphatic carbocycles. The molecule has 0 saturated carbocycles. The highest BCUT2D eigenvalue weighted by Crippen LogP contribution is 2.29. The van der Waals surface area contributed by atoms with Crippen LogP contribution < -0.4 is 5.43 Å². The summed E-state index contributed by atoms with van der Waals surface area (Å²) in [5.41, 5.74) is -0.988. The largest absolute Gasteiger partial charge is 0.416 e. The topological polar surface area (TPSA) is 55.2 Å². The summed E-state index contributed by atoms with van der Waals surface area (Å²) < 4.78 is 53.3. The SMILES string of the molecule is Cc1cc(=O)c(C(=O)N(C)Cc2ccc(C(F)(F)F)cc2)nn1-c1ccccc1F. The molecule has 1 heterocycles. The molecule has 5 nitrogen and oxygen atoms in total. The number of halogens is 4. The summed E-state index contributed by atoms with van der Waals surface area (Å²) in [6.07, 6.45) is -4.45. The van der Waals surface area contributed by atoms with Crippen LogP contribution in [0.2, 0.25) is 0 Å². The first-order valence-electron chi connectivity index (χ1n) is 8.85. The zero-order valence-corrected chi connectivity index (χ0v) is 16.1. The Hall–Kier alpha value is -3.49. The van der Waals surface area contributed by atoms with Gasteiger partial charge in [-0.05, 0) is 36.8 Å². The number of amides is 1. The second kappa shape index (κ2) is 8.10. The number of hydrogen-bond acceptors (Lipinski definition) is 3. The zero-order chi connectivity index (χ0) is 22.1. The lowest BCUT2D eigenvalue weighted by atomic mass is 10.1. The van der Waals surface area contributed by atoms with Gasteiger partial charge in [0.25, 0.3) is 5.91 Å². The van der Waals surface area contributed by atoms with Crippen LogP contribution in [0.3, 0.4) is 0 Å². The number of nitrogens with zero attached hydrogens (tertiary/aromatic N) is 3. The van der Waals surface area contributed by atoms with Gasteiger partial charge >= 0.3 is 6.18 Å². The number of aryl methyl sites for hydroxylation is 1. The molecule has 30 heavy (non-hydrogen) atoms. The molecule has 0 aliphatic heterocycles. The van der Waals surface area contributed by atoms with Crippen molar-refractivity contribution >= 4 is 5.91 Å². The van der Waals surface area contributed by atoms with E-state index in [4.69, 9.17) is 0 Å². The molecule has 0 spiro atoms. The summed E-state index contributed by atoms with van der Waals surface area (Å²) in [6.45, 7) is 1.52. The minimum absolute atomic E-state index is 0.0360. The third kappa shape index (κ3) is 4.40. The van der Waals surface area contributed by atoms with E-state index >= 15 is 0 Å². The van der Waals surface area contributed by atoms with Crippen molar-refractivity contribution < 1.29 is 22.4 Å². The van der Waals surface area contributed by atoms with E-state index in [1.54, 1.807) is 13.0 Å². The monoisotopic (exact) mass is 419 g/mol. The second-order valence-electron chi connectivity index (χ2n) is 6.72. The number of alkyl halides is 3. The fourth-order valence-corrected chi connectivity index (χ4v) is 2.89. The summed E-state index contributed by atoms with van der Waals surface area (Å²) in [5.74, 6) is -1.31. The van der Waals surface area contributed by atoms with Gasteiger partial charge in [-0.15, -0.1) is 0 Å². The molecule has 0 fully saturated rings. The molecule has 0 saturated heterocycles. The molecule has 0 aliphatic rings. The first-order valence-corrected chi connectivity index (χ1v) is 8.85. The molecule has 0 unspecified atom stereocenters. The lowest BCUT2D eigenvalue weighted by Crippen LogP contribution is -2.33. The standard InChI is InChI=1S/C21H17F4N3O2/c1-13-11-18(29)19(26-28(13)17-6-4-3-5-16(17)22)20(30)27(2)12-14-7-9-15(10-8-14)21(23,24)25/h3-11H,12H2,1-2H3. The van der Waals surface area contributed by atoms with Crippen LogP contribution in [0.5, 0.6) is 0 Å². The summed E-state index contributed by atoms with van der Waals surface area (Å²) in [6, 6.07) is 11.3. The molecule has 0 bridgehead atoms. The molecule has 3 aromatic rings. The molecular formula is C21H17F4N3O2. The van der Waals surface area contributed by atoms with E-state index in [9.17, 15) is 27.2 Å². The highest BCUT2D eigenvalue weighted by Gasteiger charge is 2.30. The Kier molecular flexibility index (Phi) is 5.73. The lowest BCUT2D eigenvalue weighted by molar-refractivity contribution is -0.137. The van der Waals surface area contributed by atoms with E-state index in [1.807, 2.05) is 0 Å². The summed E-state index contributed by atoms with van der Waals surface area (Å²) in [4.78, 5) is 26.2. The highest BCUT2D eigenvalue weighted by molar-refractivity contribution is 5.91. The number of hydrogen-bond donors (Lipinski definition) is 0. The fraction of sp³-hybridized carbons (Fsp3) is 0.190. The van der Waals surface area contributed by atoms with Crippen molar-refractivity contribution in [2.24, 2.45) is 0 Å². The van der Waals surface area contributed by atoms with Crippen LogP contribution in [0.25, 0.3) is 5.69 Å². The Labute approximate surface area is 169 Å². The van der Waals surface area contributed by atoms with Crippen molar-refractivity contribution in [3.05, 3.63) is 93.2 Å². The number of carbonyl (C=O) groups excluding carboxylic acids is 1. The maximum absolute atomic E-state index is 14.1. The summed E-state index contributed by atoms with van der Waals surface area (Å²) in [7, 11) is 1.40. The molecule has 0 atom stereocenters. The van der Waals surface area contributed by atoms with Gasteiger partial charge in [-0.25, -0.2) is 9.07 Å². The molecular weight excluding hydrogens is 402 g/mol. The lowest BCUT2D eigenvalue weighted by Gasteiger charge is -2.18. The quantitative estimate of drug-likeness (QED) is 0.602. The summed E-state index contributed by atoms with van der Waals surface area (Å²) in [5, 5.41) is 4.04. The van der Waals surface area contributed by atoms with Gasteiger partial charge in [-0.1, -0.05) is 24.3 Å². The second-order valence-corrected chi connectivity index (χ2v) is 6.72. The first-order chi connectivity index (χ1) is 14.1. The number of benzene rings is 2. The fourth-order valence-electron chi connectivity index (χ4n) is 2.89. The Morgan fingerprint density at radius 1 is 1.10 bits per heavy atom. The first kappa shape index (κ1) is 21.2. The van der Waals surface area contributed by atoms with Crippen LogP contribution in [0.15, 0.2) is 59.4 Å². The molecule has 9 heteroatoms. The molecule has 3 rings (SSSR count). The number of para-hydroxylation sites is 1. The maximum atomic E-state index is 14.1. The maximum Gasteiger partial charge on any atom is 0.416 e. The van der Waals surface area contributed by atoms with Gasteiger partial charge in [0.1, 0.15) is 11.5 Å². The molecule has 1 amide bonds. The van der Waals surface area contributed by atoms with E-state index in [0.29, 0.717) is 11.3 Å². The molecule has 156 valence electrons. The Balaban J connectivity index is 1.88. The van der Waals surface area contributed by atoms with Crippen molar-refractivity contribution in [1.29, 1.82) is 0 Å². The normalized spacial score (nSPS) is 11.4. The Morgan fingerprint density at radius 3 is 2.33 bits per heavy atom. The van der Waals surface area contributed by atoms with E-state index < -0.39 is 34.6 Å². The van der Waals surface area contributed by atoms with Crippen LogP contribution in [0.1, 0.15) is 27.3 Å². The van der Waals surface area contributed by atoms with Gasteiger partial charge in [0.05, 0.1) is 5.56 Å². The van der Waals surface area contributed by atoms with Gasteiger partial charge in [-0.2, -0.15) is 18.3 Å². The van der Waals surface area contributed by atoms with Crippen LogP contribution in [0, 0.1) is 12.7 Å². The van der Waals surface area contributed by atoms with Crippen LogP contribution in [0.4, 0.5) is 17.6 Å². The third-order valence-corrected chi connectivity index (χ3v) is 4.44. The van der Waals surface area contributed by atoms with E-state index in [-0.39, 0.29) is 12.2 Å². The molecule has 1 aromatic heterocycles. The van der Waals surface area contributed by atoms with Crippen molar-refractivity contribution in [3.63, 3.8) is 0 Å². The number of carbonyl (C=O) groups is 1.